The van der Waals surface area contributed by atoms with Crippen molar-refractivity contribution in [1.82, 2.24) is 14.9 Å². The van der Waals surface area contributed by atoms with Crippen molar-refractivity contribution in [3.05, 3.63) is 52.5 Å². The van der Waals surface area contributed by atoms with Crippen LogP contribution >= 0.6 is 23.2 Å². The molecule has 116 valence electrons. The Hall–Kier alpha value is -2.05. The molecule has 0 aliphatic heterocycles. The van der Waals surface area contributed by atoms with Gasteiger partial charge in [0.1, 0.15) is 6.17 Å². The molecule has 0 aliphatic rings. The summed E-state index contributed by atoms with van der Waals surface area (Å²) in [6.45, 7) is 1.96. The summed E-state index contributed by atoms with van der Waals surface area (Å²) in [5.41, 5.74) is 6.14. The molecule has 1 heterocycles. The number of nitrogens with one attached hydrogen (secondary N) is 1. The minimum Gasteiger partial charge on any atom is -0.370 e. The van der Waals surface area contributed by atoms with Gasteiger partial charge in [-0.1, -0.05) is 30.1 Å². The molecule has 0 radical (unpaired) electrons. The first kappa shape index (κ1) is 16.3. The third-order valence-corrected chi connectivity index (χ3v) is 3.68. The van der Waals surface area contributed by atoms with E-state index in [1.807, 2.05) is 6.92 Å². The second-order valence-electron chi connectivity index (χ2n) is 4.50. The van der Waals surface area contributed by atoms with E-state index in [0.717, 1.165) is 0 Å². The second-order valence-corrected chi connectivity index (χ2v) is 5.31. The lowest BCUT2D eigenvalue weighted by Gasteiger charge is -2.13. The zero-order valence-corrected chi connectivity index (χ0v) is 13.3. The largest absolute Gasteiger partial charge is 0.370 e. The van der Waals surface area contributed by atoms with Gasteiger partial charge in [0.15, 0.2) is 5.96 Å². The molecule has 22 heavy (non-hydrogen) atoms. The quantitative estimate of drug-likeness (QED) is 0.663. The predicted molar refractivity (Wildman–Crippen MR) is 87.1 cm³/mol. The third-order valence-electron chi connectivity index (χ3n) is 2.95. The molecule has 8 heteroatoms. The lowest BCUT2D eigenvalue weighted by Crippen LogP contribution is -2.37. The van der Waals surface area contributed by atoms with Crippen molar-refractivity contribution in [2.75, 3.05) is 0 Å². The number of nitrogens with zero attached hydrogens (tertiary/aromatic N) is 3. The van der Waals surface area contributed by atoms with Crippen molar-refractivity contribution >= 4 is 35.1 Å². The van der Waals surface area contributed by atoms with E-state index >= 15 is 0 Å². The van der Waals surface area contributed by atoms with Gasteiger partial charge < -0.3 is 10.3 Å². The van der Waals surface area contributed by atoms with Crippen LogP contribution in [-0.4, -0.2) is 21.4 Å². The Morgan fingerprint density at radius 1 is 1.45 bits per heavy atom. The number of nitrogens with two attached hydrogens (primary N) is 1. The molecule has 6 nitrogen and oxygen atoms in total. The zero-order chi connectivity index (χ0) is 16.1. The number of carbonyl (C=O) groups excluding carboxylic acids is 1. The van der Waals surface area contributed by atoms with E-state index in [9.17, 15) is 4.79 Å². The van der Waals surface area contributed by atoms with Gasteiger partial charge in [-0.15, -0.1) is 0 Å². The first-order valence-corrected chi connectivity index (χ1v) is 7.34. The van der Waals surface area contributed by atoms with E-state index in [0.29, 0.717) is 22.0 Å². The minimum absolute atomic E-state index is 0.0247. The van der Waals surface area contributed by atoms with Crippen LogP contribution in [0.15, 0.2) is 41.9 Å². The van der Waals surface area contributed by atoms with Crippen molar-refractivity contribution in [2.45, 2.75) is 19.5 Å². The summed E-state index contributed by atoms with van der Waals surface area (Å²) >= 11 is 11.7. The van der Waals surface area contributed by atoms with E-state index in [4.69, 9.17) is 28.9 Å². The molecule has 0 saturated carbocycles. The van der Waals surface area contributed by atoms with Gasteiger partial charge in [0.05, 0.1) is 16.4 Å². The van der Waals surface area contributed by atoms with Gasteiger partial charge in [-0.25, -0.2) is 9.98 Å². The maximum atomic E-state index is 12.1. The summed E-state index contributed by atoms with van der Waals surface area (Å²) in [7, 11) is 0. The Morgan fingerprint density at radius 3 is 2.82 bits per heavy atom. The maximum absolute atomic E-state index is 12.1. The fraction of sp³-hybridized carbons (Fsp3) is 0.214. The van der Waals surface area contributed by atoms with Crippen molar-refractivity contribution in [3.8, 4) is 0 Å². The average Bonchev–Trinajstić information content (AvgIpc) is 3.01. The smallest absolute Gasteiger partial charge is 0.257 e. The number of hydrogen-bond donors (Lipinski definition) is 2. The van der Waals surface area contributed by atoms with Gasteiger partial charge >= 0.3 is 0 Å². The van der Waals surface area contributed by atoms with Crippen LogP contribution in [0.4, 0.5) is 0 Å². The van der Waals surface area contributed by atoms with Gasteiger partial charge in [-0.2, -0.15) is 0 Å². The van der Waals surface area contributed by atoms with Crippen molar-refractivity contribution < 1.29 is 4.79 Å². The number of benzene rings is 1. The van der Waals surface area contributed by atoms with E-state index in [2.05, 4.69) is 15.3 Å². The average molecular weight is 340 g/mol. The molecule has 0 fully saturated rings. The van der Waals surface area contributed by atoms with Crippen LogP contribution in [0, 0.1) is 0 Å². The Balaban J connectivity index is 2.09. The molecule has 1 aromatic heterocycles. The summed E-state index contributed by atoms with van der Waals surface area (Å²) in [4.78, 5) is 20.3. The normalized spacial score (nSPS) is 13.0. The highest BCUT2D eigenvalue weighted by Gasteiger charge is 2.11. The number of imidazole rings is 1. The molecular weight excluding hydrogens is 325 g/mol. The van der Waals surface area contributed by atoms with Crippen LogP contribution in [0.1, 0.15) is 29.9 Å². The number of carbonyl (C=O) groups is 1. The molecule has 2 rings (SSSR count). The molecule has 0 saturated heterocycles. The topological polar surface area (TPSA) is 85.3 Å². The molecule has 1 unspecified atom stereocenters. The van der Waals surface area contributed by atoms with Crippen LogP contribution in [0.2, 0.25) is 10.0 Å². The summed E-state index contributed by atoms with van der Waals surface area (Å²) < 4.78 is 1.80. The maximum Gasteiger partial charge on any atom is 0.257 e. The van der Waals surface area contributed by atoms with Crippen LogP contribution in [0.3, 0.4) is 0 Å². The SMILES string of the molecule is CCC(N=C(N)NC(=O)c1ccc(Cl)c(Cl)c1)n1ccnc1. The summed E-state index contributed by atoms with van der Waals surface area (Å²) in [6.07, 6.45) is 5.57. The van der Waals surface area contributed by atoms with Crippen LogP contribution in [0.25, 0.3) is 0 Å². The van der Waals surface area contributed by atoms with E-state index in [1.54, 1.807) is 35.4 Å². The monoisotopic (exact) mass is 339 g/mol. The molecule has 1 aromatic carbocycles. The number of aromatic nitrogens is 2. The Kier molecular flexibility index (Phi) is 5.41. The highest BCUT2D eigenvalue weighted by atomic mass is 35.5. The van der Waals surface area contributed by atoms with Crippen molar-refractivity contribution in [3.63, 3.8) is 0 Å². The van der Waals surface area contributed by atoms with Crippen molar-refractivity contribution in [2.24, 2.45) is 10.7 Å². The summed E-state index contributed by atoms with van der Waals surface area (Å²) in [5.74, 6) is -0.378. The lowest BCUT2D eigenvalue weighted by molar-refractivity contribution is 0.0976. The molecule has 0 spiro atoms. The van der Waals surface area contributed by atoms with E-state index in [-0.39, 0.29) is 12.1 Å². The van der Waals surface area contributed by atoms with E-state index in [1.165, 1.54) is 6.07 Å². The highest BCUT2D eigenvalue weighted by molar-refractivity contribution is 6.42. The molecule has 0 aliphatic carbocycles. The van der Waals surface area contributed by atoms with Crippen LogP contribution in [-0.2, 0) is 0 Å². The Morgan fingerprint density at radius 2 is 2.23 bits per heavy atom. The molecule has 1 amide bonds. The fourth-order valence-corrected chi connectivity index (χ4v) is 2.13. The van der Waals surface area contributed by atoms with Gasteiger partial charge in [-0.3, -0.25) is 10.1 Å². The van der Waals surface area contributed by atoms with E-state index < -0.39 is 5.91 Å². The van der Waals surface area contributed by atoms with Crippen molar-refractivity contribution in [1.29, 1.82) is 0 Å². The molecule has 1 atom stereocenters. The minimum atomic E-state index is -0.402. The predicted octanol–water partition coefficient (Wildman–Crippen LogP) is 2.84. The van der Waals surface area contributed by atoms with Gasteiger partial charge in [0.2, 0.25) is 0 Å². The number of rotatable bonds is 4. The fourth-order valence-electron chi connectivity index (χ4n) is 1.83. The molecule has 2 aromatic rings. The first-order valence-electron chi connectivity index (χ1n) is 6.58. The first-order chi connectivity index (χ1) is 10.5. The summed E-state index contributed by atoms with van der Waals surface area (Å²) in [6, 6.07) is 4.58. The van der Waals surface area contributed by atoms with Crippen LogP contribution in [0.5, 0.6) is 0 Å². The highest BCUT2D eigenvalue weighted by Crippen LogP contribution is 2.22. The van der Waals surface area contributed by atoms with Gasteiger partial charge in [-0.05, 0) is 24.6 Å². The Labute approximate surface area is 138 Å². The van der Waals surface area contributed by atoms with Crippen LogP contribution < -0.4 is 11.1 Å². The number of guanidine groups is 1. The number of halogens is 2. The molecule has 3 N–H and O–H groups in total. The third kappa shape index (κ3) is 3.99. The Bertz CT molecular complexity index is 685. The zero-order valence-electron chi connectivity index (χ0n) is 11.8. The number of amides is 1. The standard InChI is InChI=1S/C14H15Cl2N5O/c1-2-12(21-6-5-18-8-21)19-14(17)20-13(22)9-3-4-10(15)11(16)7-9/h3-8,12H,2H2,1H3,(H3,17,19,20,22). The lowest BCUT2D eigenvalue weighted by atomic mass is 10.2. The van der Waals surface area contributed by atoms with Gasteiger partial charge in [0, 0.05) is 18.0 Å². The summed E-state index contributed by atoms with van der Waals surface area (Å²) in [5, 5.41) is 3.20. The molecular formula is C14H15Cl2N5O. The number of hydrogen-bond acceptors (Lipinski definition) is 3. The molecule has 0 bridgehead atoms. The second kappa shape index (κ2) is 7.29. The van der Waals surface area contributed by atoms with Gasteiger partial charge in [0.25, 0.3) is 5.91 Å². The number of aliphatic imine (C=N–C) groups is 1.